The van der Waals surface area contributed by atoms with Crippen LogP contribution >= 0.6 is 0 Å². The second kappa shape index (κ2) is 6.15. The third-order valence-corrected chi connectivity index (χ3v) is 6.76. The van der Waals surface area contributed by atoms with Gasteiger partial charge in [0.1, 0.15) is 28.5 Å². The summed E-state index contributed by atoms with van der Waals surface area (Å²) in [6.45, 7) is 0.570. The van der Waals surface area contributed by atoms with E-state index < -0.39 is 23.1 Å². The first-order valence-electron chi connectivity index (χ1n) is 10.2. The molecule has 6 nitrogen and oxygen atoms in total. The van der Waals surface area contributed by atoms with Gasteiger partial charge in [0.05, 0.1) is 18.0 Å². The average Bonchev–Trinajstić information content (AvgIpc) is 3.28. The highest BCUT2D eigenvalue weighted by atomic mass is 19.1. The summed E-state index contributed by atoms with van der Waals surface area (Å²) in [5, 5.41) is 14.4. The summed E-state index contributed by atoms with van der Waals surface area (Å²) < 4.78 is 40.7. The molecule has 4 aliphatic rings. The van der Waals surface area contributed by atoms with Crippen molar-refractivity contribution in [2.24, 2.45) is 15.9 Å². The van der Waals surface area contributed by atoms with Gasteiger partial charge in [-0.1, -0.05) is 0 Å². The van der Waals surface area contributed by atoms with E-state index in [0.717, 1.165) is 6.07 Å². The monoisotopic (exact) mass is 425 g/mol. The molecule has 2 aromatic carbocycles. The van der Waals surface area contributed by atoms with Crippen LogP contribution in [-0.4, -0.2) is 32.1 Å². The SMILES string of the molecule is O=C(N1N=CCC1c1cc(F)cc(F)c1)C12CC(Cn3nc4ccc(F)cc4n3)(C1)C2. The smallest absolute Gasteiger partial charge is 0.249 e. The van der Waals surface area contributed by atoms with Gasteiger partial charge in [0.25, 0.3) is 0 Å². The van der Waals surface area contributed by atoms with Crippen molar-refractivity contribution < 1.29 is 18.0 Å². The highest BCUT2D eigenvalue weighted by Gasteiger charge is 2.72. The van der Waals surface area contributed by atoms with Crippen molar-refractivity contribution in [3.8, 4) is 0 Å². The minimum absolute atomic E-state index is 0.0485. The van der Waals surface area contributed by atoms with E-state index in [2.05, 4.69) is 15.3 Å². The maximum absolute atomic E-state index is 13.7. The first kappa shape index (κ1) is 18.5. The van der Waals surface area contributed by atoms with Crippen LogP contribution < -0.4 is 0 Å². The van der Waals surface area contributed by atoms with Gasteiger partial charge < -0.3 is 0 Å². The maximum atomic E-state index is 13.7. The molecule has 3 aliphatic carbocycles. The Morgan fingerprint density at radius 2 is 1.68 bits per heavy atom. The lowest BCUT2D eigenvalue weighted by molar-refractivity contribution is -0.224. The summed E-state index contributed by atoms with van der Waals surface area (Å²) in [5.74, 6) is -1.79. The second-order valence-corrected chi connectivity index (χ2v) is 9.08. The Labute approximate surface area is 175 Å². The number of fused-ring (bicyclic) bond motifs is 1. The number of nitrogens with zero attached hydrogens (tertiary/aromatic N) is 5. The second-order valence-electron chi connectivity index (χ2n) is 9.08. The number of hydrazone groups is 1. The highest BCUT2D eigenvalue weighted by molar-refractivity contribution is 5.88. The van der Waals surface area contributed by atoms with Gasteiger partial charge in [-0.15, -0.1) is 0 Å². The predicted octanol–water partition coefficient (Wildman–Crippen LogP) is 3.98. The molecule has 9 heteroatoms. The Morgan fingerprint density at radius 3 is 2.42 bits per heavy atom. The number of hydrogen-bond donors (Lipinski definition) is 0. The van der Waals surface area contributed by atoms with Crippen molar-refractivity contribution in [1.29, 1.82) is 0 Å². The molecule has 1 unspecified atom stereocenters. The van der Waals surface area contributed by atoms with Crippen LogP contribution in [-0.2, 0) is 11.3 Å². The highest BCUT2D eigenvalue weighted by Crippen LogP contribution is 2.74. The van der Waals surface area contributed by atoms with Gasteiger partial charge in [-0.25, -0.2) is 18.2 Å². The largest absolute Gasteiger partial charge is 0.272 e. The molecule has 1 amide bonds. The molecule has 7 rings (SSSR count). The molecular formula is C22H18F3N5O. The molecule has 3 fully saturated rings. The fourth-order valence-electron chi connectivity index (χ4n) is 5.59. The van der Waals surface area contributed by atoms with Crippen LogP contribution in [0.3, 0.4) is 0 Å². The van der Waals surface area contributed by atoms with E-state index in [4.69, 9.17) is 0 Å². The number of rotatable bonds is 4. The van der Waals surface area contributed by atoms with Crippen molar-refractivity contribution in [3.05, 3.63) is 59.4 Å². The van der Waals surface area contributed by atoms with Crippen LogP contribution in [0.25, 0.3) is 11.0 Å². The van der Waals surface area contributed by atoms with Crippen LogP contribution in [0.15, 0.2) is 41.5 Å². The Kier molecular flexibility index (Phi) is 3.68. The van der Waals surface area contributed by atoms with E-state index in [0.29, 0.717) is 48.8 Å². The van der Waals surface area contributed by atoms with Gasteiger partial charge in [0.15, 0.2) is 0 Å². The van der Waals surface area contributed by atoms with Crippen molar-refractivity contribution in [3.63, 3.8) is 0 Å². The van der Waals surface area contributed by atoms with Crippen molar-refractivity contribution >= 4 is 23.2 Å². The molecule has 1 aromatic heterocycles. The molecule has 31 heavy (non-hydrogen) atoms. The third-order valence-electron chi connectivity index (χ3n) is 6.76. The van der Waals surface area contributed by atoms with Crippen LogP contribution in [0.4, 0.5) is 13.2 Å². The minimum Gasteiger partial charge on any atom is -0.272 e. The lowest BCUT2D eigenvalue weighted by Gasteiger charge is -2.69. The lowest BCUT2D eigenvalue weighted by Crippen LogP contribution is -2.68. The number of hydrogen-bond acceptors (Lipinski definition) is 4. The molecule has 1 aliphatic heterocycles. The summed E-state index contributed by atoms with van der Waals surface area (Å²) in [6, 6.07) is 7.14. The Hall–Kier alpha value is -3.23. The van der Waals surface area contributed by atoms with E-state index in [-0.39, 0.29) is 17.1 Å². The van der Waals surface area contributed by atoms with Crippen molar-refractivity contribution in [2.45, 2.75) is 38.3 Å². The summed E-state index contributed by atoms with van der Waals surface area (Å²) in [5.41, 5.74) is 1.02. The minimum atomic E-state index is -0.669. The van der Waals surface area contributed by atoms with Gasteiger partial charge in [-0.05, 0) is 54.5 Å². The summed E-state index contributed by atoms with van der Waals surface area (Å²) in [4.78, 5) is 14.8. The molecule has 2 bridgehead atoms. The van der Waals surface area contributed by atoms with E-state index >= 15 is 0 Å². The van der Waals surface area contributed by atoms with E-state index in [1.165, 1.54) is 29.3 Å². The zero-order chi connectivity index (χ0) is 21.4. The molecule has 158 valence electrons. The van der Waals surface area contributed by atoms with Crippen LogP contribution in [0.5, 0.6) is 0 Å². The quantitative estimate of drug-likeness (QED) is 0.635. The molecule has 0 saturated heterocycles. The normalized spacial score (nSPS) is 28.6. The zero-order valence-corrected chi connectivity index (χ0v) is 16.4. The van der Waals surface area contributed by atoms with Gasteiger partial charge in [0, 0.05) is 24.8 Å². The van der Waals surface area contributed by atoms with Gasteiger partial charge in [-0.2, -0.15) is 20.1 Å². The molecule has 1 atom stereocenters. The standard InChI is InChI=1S/C22H18F3N5O/c23-14-1-2-17-18(8-14)28-29(27-17)12-21-9-22(10-21,11-21)20(31)30-19(3-4-26-30)13-5-15(24)7-16(25)6-13/h1-2,4-8,19H,3,9-12H2. The van der Waals surface area contributed by atoms with Crippen molar-refractivity contribution in [2.75, 3.05) is 0 Å². The first-order valence-corrected chi connectivity index (χ1v) is 10.2. The number of amides is 1. The Balaban J connectivity index is 1.17. The number of benzene rings is 2. The third kappa shape index (κ3) is 2.79. The first-order chi connectivity index (χ1) is 14.8. The fourth-order valence-corrected chi connectivity index (χ4v) is 5.59. The molecule has 0 N–H and O–H groups in total. The topological polar surface area (TPSA) is 63.4 Å². The van der Waals surface area contributed by atoms with E-state index in [1.807, 2.05) is 0 Å². The number of carbonyl (C=O) groups is 1. The molecule has 3 saturated carbocycles. The number of halogens is 3. The molecule has 2 heterocycles. The summed E-state index contributed by atoms with van der Waals surface area (Å²) >= 11 is 0. The Bertz CT molecular complexity index is 1230. The van der Waals surface area contributed by atoms with Crippen LogP contribution in [0.2, 0.25) is 0 Å². The average molecular weight is 425 g/mol. The number of aromatic nitrogens is 3. The number of carbonyl (C=O) groups excluding carboxylic acids is 1. The van der Waals surface area contributed by atoms with Crippen molar-refractivity contribution in [1.82, 2.24) is 20.0 Å². The van der Waals surface area contributed by atoms with Crippen LogP contribution in [0, 0.1) is 28.3 Å². The van der Waals surface area contributed by atoms with Gasteiger partial charge in [0.2, 0.25) is 5.91 Å². The molecule has 0 spiro atoms. The summed E-state index contributed by atoms with van der Waals surface area (Å²) in [6.07, 6.45) is 4.13. The Morgan fingerprint density at radius 1 is 0.968 bits per heavy atom. The molecule has 3 aromatic rings. The van der Waals surface area contributed by atoms with E-state index in [1.54, 1.807) is 17.1 Å². The van der Waals surface area contributed by atoms with Crippen LogP contribution in [0.1, 0.15) is 37.3 Å². The van der Waals surface area contributed by atoms with E-state index in [9.17, 15) is 18.0 Å². The maximum Gasteiger partial charge on any atom is 0.249 e. The predicted molar refractivity (Wildman–Crippen MR) is 105 cm³/mol. The molecular weight excluding hydrogens is 407 g/mol. The molecule has 0 radical (unpaired) electrons. The summed E-state index contributed by atoms with van der Waals surface area (Å²) in [7, 11) is 0. The van der Waals surface area contributed by atoms with Gasteiger partial charge in [-0.3, -0.25) is 4.79 Å². The lowest BCUT2D eigenvalue weighted by atomic mass is 9.34. The van der Waals surface area contributed by atoms with Gasteiger partial charge >= 0.3 is 0 Å². The zero-order valence-electron chi connectivity index (χ0n) is 16.4. The fraction of sp³-hybridized carbons (Fsp3) is 0.364.